The average Bonchev–Trinajstić information content (AvgIpc) is 3.53. The number of carboxylic acid groups (broad SMARTS) is 1. The van der Waals surface area contributed by atoms with Crippen LogP contribution in [0.3, 0.4) is 0 Å². The smallest absolute Gasteiger partial charge is 0.430 e. The van der Waals surface area contributed by atoms with Gasteiger partial charge in [0.05, 0.1) is 17.4 Å². The van der Waals surface area contributed by atoms with E-state index >= 15 is 0 Å². The van der Waals surface area contributed by atoms with Crippen molar-refractivity contribution in [2.45, 2.75) is 66.3 Å². The second-order valence-electron chi connectivity index (χ2n) is 12.6. The zero-order chi connectivity index (χ0) is 37.6. The first-order valence-electron chi connectivity index (χ1n) is 15.6. The molecule has 1 amide bonds. The molecule has 0 bridgehead atoms. The number of sulfone groups is 1. The Kier molecular flexibility index (Phi) is 10.6. The highest BCUT2D eigenvalue weighted by atomic mass is 35.5. The molecule has 0 spiro atoms. The minimum atomic E-state index is -6.17. The molecule has 51 heavy (non-hydrogen) atoms. The Hall–Kier alpha value is -3.76. The minimum absolute atomic E-state index is 0.165. The topological polar surface area (TPSA) is 101 Å². The summed E-state index contributed by atoms with van der Waals surface area (Å²) in [5, 5.41) is 8.83. The molecule has 3 aromatic carbocycles. The molecule has 1 N–H and O–H groups in total. The molecule has 1 aliphatic heterocycles. The Bertz CT molecular complexity index is 1840. The number of ether oxygens (including phenoxy) is 1. The summed E-state index contributed by atoms with van der Waals surface area (Å²) in [6, 6.07) is 8.94. The predicted octanol–water partition coefficient (Wildman–Crippen LogP) is 7.95. The summed E-state index contributed by atoms with van der Waals surface area (Å²) in [7, 11) is -4.62. The first-order valence-corrected chi connectivity index (χ1v) is 17.4. The molecule has 0 unspecified atom stereocenters. The van der Waals surface area contributed by atoms with Crippen molar-refractivity contribution >= 4 is 33.3 Å². The van der Waals surface area contributed by atoms with Crippen LogP contribution in [0.25, 0.3) is 0 Å². The lowest BCUT2D eigenvalue weighted by atomic mass is 9.81. The van der Waals surface area contributed by atoms with Crippen molar-refractivity contribution in [2.75, 3.05) is 13.1 Å². The maximum Gasteiger partial charge on any atom is 0.430 e. The Morgan fingerprint density at radius 3 is 1.96 bits per heavy atom. The fraction of sp³-hybridized carbons (Fsp3) is 0.412. The van der Waals surface area contributed by atoms with Gasteiger partial charge in [-0.15, -0.1) is 0 Å². The van der Waals surface area contributed by atoms with E-state index in [1.807, 2.05) is 0 Å². The average molecular weight is 768 g/mol. The third kappa shape index (κ3) is 6.93. The molecular weight excluding hydrogens is 738 g/mol. The van der Waals surface area contributed by atoms with Gasteiger partial charge in [-0.1, -0.05) is 41.9 Å². The Labute approximate surface area is 292 Å². The number of hydrogen-bond acceptors (Lipinski definition) is 5. The summed E-state index contributed by atoms with van der Waals surface area (Å²) in [5.41, 5.74) is -7.52. The van der Waals surface area contributed by atoms with Crippen LogP contribution in [-0.2, 0) is 41.1 Å². The number of hydrogen-bond donors (Lipinski definition) is 1. The number of carbonyl (C=O) groups is 2. The number of carbonyl (C=O) groups excluding carboxylic acids is 1. The van der Waals surface area contributed by atoms with Crippen molar-refractivity contribution in [2.24, 2.45) is 11.8 Å². The number of carboxylic acids is 1. The molecule has 1 aliphatic carbocycles. The van der Waals surface area contributed by atoms with E-state index in [1.165, 1.54) is 4.90 Å². The molecule has 1 saturated carbocycles. The Morgan fingerprint density at radius 2 is 1.43 bits per heavy atom. The number of likely N-dealkylation sites (tertiary alicyclic amines) is 1. The number of nitrogens with zero attached hydrogens (tertiary/aromatic N) is 1. The number of halogens is 9. The van der Waals surface area contributed by atoms with E-state index in [9.17, 15) is 58.2 Å². The second kappa shape index (κ2) is 14.0. The fourth-order valence-corrected chi connectivity index (χ4v) is 9.15. The summed E-state index contributed by atoms with van der Waals surface area (Å²) in [6.45, 7) is -2.25. The number of amides is 1. The third-order valence-corrected chi connectivity index (χ3v) is 12.6. The maximum atomic E-state index is 14.6. The van der Waals surface area contributed by atoms with E-state index in [1.54, 1.807) is 0 Å². The number of benzene rings is 3. The van der Waals surface area contributed by atoms with Gasteiger partial charge >= 0.3 is 18.3 Å². The summed E-state index contributed by atoms with van der Waals surface area (Å²) in [6.07, 6.45) is -11.8. The van der Waals surface area contributed by atoms with Gasteiger partial charge in [0, 0.05) is 35.2 Å². The van der Waals surface area contributed by atoms with Crippen LogP contribution in [0.5, 0.6) is 0 Å². The van der Waals surface area contributed by atoms with Gasteiger partial charge in [-0.3, -0.25) is 9.59 Å². The van der Waals surface area contributed by atoms with Gasteiger partial charge < -0.3 is 14.7 Å². The van der Waals surface area contributed by atoms with Crippen LogP contribution in [0.1, 0.15) is 48.8 Å². The standard InChI is InChI=1S/C34H30ClF8NO6S/c35-27-2-1-3-28(37)26(27)18-50-32(33(38,39)40,34(41,42)43)23-10-8-22(9-11-23)31(51(48,49)25-14-12-24(36)13-15-25)16-17-44(19-31)29(45)20-4-6-21(7-5-20)30(46)47/h1-3,8-15,20-21H,4-7,16-19H2,(H,46,47)/t20-,21-,31-/m0/s1. The van der Waals surface area contributed by atoms with Gasteiger partial charge in [0.25, 0.3) is 5.60 Å². The quantitative estimate of drug-likeness (QED) is 0.175. The summed E-state index contributed by atoms with van der Waals surface area (Å²) in [5.74, 6) is -4.74. The van der Waals surface area contributed by atoms with Crippen LogP contribution in [0.15, 0.2) is 71.6 Å². The van der Waals surface area contributed by atoms with Gasteiger partial charge in [0.15, 0.2) is 9.84 Å². The van der Waals surface area contributed by atoms with E-state index in [0.717, 1.165) is 54.6 Å². The predicted molar refractivity (Wildman–Crippen MR) is 166 cm³/mol. The first kappa shape index (κ1) is 38.5. The largest absolute Gasteiger partial charge is 0.481 e. The zero-order valence-corrected chi connectivity index (χ0v) is 28.0. The monoisotopic (exact) mass is 767 g/mol. The van der Waals surface area contributed by atoms with Crippen LogP contribution < -0.4 is 0 Å². The lowest BCUT2D eigenvalue weighted by molar-refractivity contribution is -0.392. The normalized spacial score (nSPS) is 21.9. The summed E-state index contributed by atoms with van der Waals surface area (Å²) >= 11 is 5.83. The van der Waals surface area contributed by atoms with E-state index < -0.39 is 102 Å². The fourth-order valence-electron chi connectivity index (χ4n) is 6.86. The molecule has 0 radical (unpaired) electrons. The van der Waals surface area contributed by atoms with Crippen molar-refractivity contribution < 1.29 is 63.0 Å². The molecule has 276 valence electrons. The molecule has 5 rings (SSSR count). The van der Waals surface area contributed by atoms with Crippen LogP contribution in [0.2, 0.25) is 5.02 Å². The molecule has 2 aliphatic rings. The Balaban J connectivity index is 1.56. The van der Waals surface area contributed by atoms with Crippen molar-refractivity contribution in [1.29, 1.82) is 0 Å². The molecule has 17 heteroatoms. The number of rotatable bonds is 9. The molecule has 1 atom stereocenters. The van der Waals surface area contributed by atoms with Gasteiger partial charge in [0.2, 0.25) is 5.91 Å². The number of alkyl halides is 6. The lowest BCUT2D eigenvalue weighted by Gasteiger charge is -2.38. The van der Waals surface area contributed by atoms with Crippen LogP contribution in [0, 0.1) is 23.5 Å². The SMILES string of the molecule is O=C(O)[C@H]1CC[C@H](C(=O)N2CC[C@](c3ccc(C(OCc4c(F)cccc4Cl)(C(F)(F)F)C(F)(F)F)cc3)(S(=O)(=O)c3ccc(F)cc3)C2)CC1. The highest BCUT2D eigenvalue weighted by molar-refractivity contribution is 7.92. The highest BCUT2D eigenvalue weighted by Crippen LogP contribution is 2.54. The summed E-state index contributed by atoms with van der Waals surface area (Å²) in [4.78, 5) is 25.8. The van der Waals surface area contributed by atoms with Gasteiger partial charge in [0.1, 0.15) is 16.4 Å². The van der Waals surface area contributed by atoms with Crippen molar-refractivity contribution in [3.63, 3.8) is 0 Å². The maximum absolute atomic E-state index is 14.6. The first-order chi connectivity index (χ1) is 23.7. The van der Waals surface area contributed by atoms with Crippen LogP contribution >= 0.6 is 11.6 Å². The van der Waals surface area contributed by atoms with Crippen LogP contribution in [0.4, 0.5) is 35.1 Å². The summed E-state index contributed by atoms with van der Waals surface area (Å²) < 4.78 is 147. The van der Waals surface area contributed by atoms with E-state index in [0.29, 0.717) is 12.1 Å². The van der Waals surface area contributed by atoms with Crippen LogP contribution in [-0.4, -0.2) is 55.7 Å². The van der Waals surface area contributed by atoms with Gasteiger partial charge in [-0.2, -0.15) is 26.3 Å². The van der Waals surface area contributed by atoms with E-state index in [-0.39, 0.29) is 44.2 Å². The van der Waals surface area contributed by atoms with E-state index in [4.69, 9.17) is 11.6 Å². The van der Waals surface area contributed by atoms with Crippen molar-refractivity contribution in [3.8, 4) is 0 Å². The highest BCUT2D eigenvalue weighted by Gasteiger charge is 2.73. The van der Waals surface area contributed by atoms with E-state index in [2.05, 4.69) is 4.74 Å². The number of aliphatic carboxylic acids is 1. The molecular formula is C34H30ClF8NO6S. The molecule has 1 saturated heterocycles. The molecule has 1 heterocycles. The molecule has 2 fully saturated rings. The van der Waals surface area contributed by atoms with Crippen molar-refractivity contribution in [1.82, 2.24) is 4.90 Å². The van der Waals surface area contributed by atoms with Gasteiger partial charge in [-0.05, 0) is 74.1 Å². The third-order valence-electron chi connectivity index (χ3n) is 9.72. The Morgan fingerprint density at radius 1 is 0.863 bits per heavy atom. The minimum Gasteiger partial charge on any atom is -0.481 e. The molecule has 3 aromatic rings. The second-order valence-corrected chi connectivity index (χ2v) is 15.3. The molecule has 7 nitrogen and oxygen atoms in total. The zero-order valence-electron chi connectivity index (χ0n) is 26.4. The molecule has 0 aromatic heterocycles. The van der Waals surface area contributed by atoms with Crippen molar-refractivity contribution in [3.05, 3.63) is 100 Å². The lowest BCUT2D eigenvalue weighted by Crippen LogP contribution is -2.56. The van der Waals surface area contributed by atoms with Gasteiger partial charge in [-0.25, -0.2) is 17.2 Å².